The number of nitrogens with one attached hydrogen (secondary N) is 1. The van der Waals surface area contributed by atoms with Gasteiger partial charge in [0, 0.05) is 25.5 Å². The molecule has 1 atom stereocenters. The van der Waals surface area contributed by atoms with Gasteiger partial charge >= 0.3 is 0 Å². The van der Waals surface area contributed by atoms with Gasteiger partial charge in [-0.1, -0.05) is 19.3 Å². The van der Waals surface area contributed by atoms with E-state index in [1.54, 1.807) is 12.4 Å². The lowest BCUT2D eigenvalue weighted by molar-refractivity contribution is -0.0230. The van der Waals surface area contributed by atoms with Crippen LogP contribution in [0.2, 0.25) is 0 Å². The van der Waals surface area contributed by atoms with Crippen LogP contribution >= 0.6 is 0 Å². The number of ether oxygens (including phenoxy) is 1. The molecule has 5 heteroatoms. The maximum absolute atomic E-state index is 9.88. The Kier molecular flexibility index (Phi) is 6.36. The minimum atomic E-state index is -0.463. The molecule has 1 aromatic heterocycles. The van der Waals surface area contributed by atoms with E-state index in [1.807, 2.05) is 6.92 Å². The lowest BCUT2D eigenvalue weighted by Gasteiger charge is -2.23. The van der Waals surface area contributed by atoms with Crippen LogP contribution in [0.1, 0.15) is 43.5 Å². The molecule has 1 aliphatic rings. The highest BCUT2D eigenvalue weighted by molar-refractivity contribution is 5.00. The highest BCUT2D eigenvalue weighted by atomic mass is 16.5. The molecular weight excluding hydrogens is 254 g/mol. The SMILES string of the molecule is Cc1cnc(CNCC(O)COC2CCCCC2)cn1. The number of rotatable bonds is 7. The zero-order chi connectivity index (χ0) is 14.2. The van der Waals surface area contributed by atoms with E-state index in [0.29, 0.717) is 25.8 Å². The van der Waals surface area contributed by atoms with Crippen molar-refractivity contribution in [2.24, 2.45) is 0 Å². The molecule has 20 heavy (non-hydrogen) atoms. The van der Waals surface area contributed by atoms with Crippen molar-refractivity contribution in [1.82, 2.24) is 15.3 Å². The average Bonchev–Trinajstić information content (AvgIpc) is 2.48. The van der Waals surface area contributed by atoms with Crippen LogP contribution in [-0.2, 0) is 11.3 Å². The van der Waals surface area contributed by atoms with Crippen LogP contribution in [0.5, 0.6) is 0 Å². The fourth-order valence-electron chi connectivity index (χ4n) is 2.42. The van der Waals surface area contributed by atoms with E-state index in [0.717, 1.165) is 24.2 Å². The third-order valence-electron chi connectivity index (χ3n) is 3.60. The van der Waals surface area contributed by atoms with Gasteiger partial charge in [-0.05, 0) is 19.8 Å². The topological polar surface area (TPSA) is 67.3 Å². The van der Waals surface area contributed by atoms with Crippen molar-refractivity contribution >= 4 is 0 Å². The van der Waals surface area contributed by atoms with E-state index in [-0.39, 0.29) is 0 Å². The number of nitrogens with zero attached hydrogens (tertiary/aromatic N) is 2. The molecule has 1 saturated carbocycles. The molecule has 0 bridgehead atoms. The lowest BCUT2D eigenvalue weighted by Crippen LogP contribution is -2.32. The fraction of sp³-hybridized carbons (Fsp3) is 0.733. The molecule has 5 nitrogen and oxygen atoms in total. The summed E-state index contributed by atoms with van der Waals surface area (Å²) < 4.78 is 5.75. The fourth-order valence-corrected chi connectivity index (χ4v) is 2.42. The monoisotopic (exact) mass is 279 g/mol. The standard InChI is InChI=1S/C15H25N3O2/c1-12-7-18-13(9-17-12)8-16-10-14(19)11-20-15-5-3-2-4-6-15/h7,9,14-16,19H,2-6,8,10-11H2,1H3. The van der Waals surface area contributed by atoms with Crippen molar-refractivity contribution in [3.05, 3.63) is 23.8 Å². The van der Waals surface area contributed by atoms with Gasteiger partial charge in [0.2, 0.25) is 0 Å². The minimum absolute atomic E-state index is 0.348. The highest BCUT2D eigenvalue weighted by Crippen LogP contribution is 2.20. The summed E-state index contributed by atoms with van der Waals surface area (Å²) in [5.74, 6) is 0. The van der Waals surface area contributed by atoms with Crippen LogP contribution in [-0.4, -0.2) is 40.4 Å². The van der Waals surface area contributed by atoms with Crippen LogP contribution in [0, 0.1) is 6.92 Å². The molecule has 112 valence electrons. The second-order valence-corrected chi connectivity index (χ2v) is 5.53. The van der Waals surface area contributed by atoms with Crippen LogP contribution in [0.4, 0.5) is 0 Å². The molecule has 1 aromatic rings. The average molecular weight is 279 g/mol. The van der Waals surface area contributed by atoms with Gasteiger partial charge in [0.1, 0.15) is 0 Å². The highest BCUT2D eigenvalue weighted by Gasteiger charge is 2.15. The van der Waals surface area contributed by atoms with Gasteiger partial charge in [0.25, 0.3) is 0 Å². The van der Waals surface area contributed by atoms with Gasteiger partial charge in [-0.15, -0.1) is 0 Å². The molecule has 0 amide bonds. The first-order chi connectivity index (χ1) is 9.74. The van der Waals surface area contributed by atoms with Crippen LogP contribution < -0.4 is 5.32 Å². The molecule has 0 spiro atoms. The third-order valence-corrected chi connectivity index (χ3v) is 3.60. The first-order valence-corrected chi connectivity index (χ1v) is 7.52. The Morgan fingerprint density at radius 1 is 1.30 bits per heavy atom. The summed E-state index contributed by atoms with van der Waals surface area (Å²) in [6.45, 7) is 3.46. The second-order valence-electron chi connectivity index (χ2n) is 5.53. The van der Waals surface area contributed by atoms with Gasteiger partial charge in [0.05, 0.1) is 30.2 Å². The predicted octanol–water partition coefficient (Wildman–Crippen LogP) is 1.58. The minimum Gasteiger partial charge on any atom is -0.389 e. The van der Waals surface area contributed by atoms with Crippen molar-refractivity contribution < 1.29 is 9.84 Å². The maximum Gasteiger partial charge on any atom is 0.0897 e. The summed E-state index contributed by atoms with van der Waals surface area (Å²) in [5.41, 5.74) is 1.80. The zero-order valence-corrected chi connectivity index (χ0v) is 12.2. The van der Waals surface area contributed by atoms with E-state index in [2.05, 4.69) is 15.3 Å². The molecule has 0 aromatic carbocycles. The van der Waals surface area contributed by atoms with Crippen LogP contribution in [0.3, 0.4) is 0 Å². The molecule has 0 radical (unpaired) electrons. The zero-order valence-electron chi connectivity index (χ0n) is 12.2. The van der Waals surface area contributed by atoms with Crippen molar-refractivity contribution in [3.8, 4) is 0 Å². The van der Waals surface area contributed by atoms with Crippen molar-refractivity contribution in [2.75, 3.05) is 13.2 Å². The van der Waals surface area contributed by atoms with E-state index in [9.17, 15) is 5.11 Å². The Bertz CT molecular complexity index is 377. The molecule has 1 aliphatic carbocycles. The first-order valence-electron chi connectivity index (χ1n) is 7.52. The first kappa shape index (κ1) is 15.4. The van der Waals surface area contributed by atoms with Crippen molar-refractivity contribution in [3.63, 3.8) is 0 Å². The molecule has 0 aliphatic heterocycles. The van der Waals surface area contributed by atoms with E-state index < -0.39 is 6.10 Å². The molecule has 2 N–H and O–H groups in total. The Hall–Kier alpha value is -1.04. The molecule has 1 unspecified atom stereocenters. The lowest BCUT2D eigenvalue weighted by atomic mass is 9.98. The maximum atomic E-state index is 9.88. The molecule has 1 fully saturated rings. The third kappa shape index (κ3) is 5.53. The quantitative estimate of drug-likeness (QED) is 0.793. The number of aromatic nitrogens is 2. The largest absolute Gasteiger partial charge is 0.389 e. The molecule has 2 rings (SSSR count). The van der Waals surface area contributed by atoms with E-state index in [1.165, 1.54) is 19.3 Å². The Labute approximate surface area is 120 Å². The van der Waals surface area contributed by atoms with Crippen molar-refractivity contribution in [2.45, 2.75) is 57.8 Å². The summed E-state index contributed by atoms with van der Waals surface area (Å²) in [6, 6.07) is 0. The van der Waals surface area contributed by atoms with Gasteiger partial charge in [-0.3, -0.25) is 9.97 Å². The molecular formula is C15H25N3O2. The number of hydrogen-bond acceptors (Lipinski definition) is 5. The number of aryl methyl sites for hydroxylation is 1. The predicted molar refractivity (Wildman–Crippen MR) is 77.3 cm³/mol. The molecule has 1 heterocycles. The number of aliphatic hydroxyl groups excluding tert-OH is 1. The Morgan fingerprint density at radius 3 is 2.80 bits per heavy atom. The van der Waals surface area contributed by atoms with Gasteiger partial charge in [-0.2, -0.15) is 0 Å². The summed E-state index contributed by atoms with van der Waals surface area (Å²) in [6.07, 6.45) is 9.50. The van der Waals surface area contributed by atoms with Crippen LogP contribution in [0.15, 0.2) is 12.4 Å². The normalized spacial score (nSPS) is 18.1. The number of hydrogen-bond donors (Lipinski definition) is 2. The van der Waals surface area contributed by atoms with Gasteiger partial charge in [0.15, 0.2) is 0 Å². The molecule has 0 saturated heterocycles. The second kappa shape index (κ2) is 8.29. The van der Waals surface area contributed by atoms with Crippen LogP contribution in [0.25, 0.3) is 0 Å². The van der Waals surface area contributed by atoms with Gasteiger partial charge < -0.3 is 15.2 Å². The van der Waals surface area contributed by atoms with Gasteiger partial charge in [-0.25, -0.2) is 0 Å². The van der Waals surface area contributed by atoms with E-state index >= 15 is 0 Å². The van der Waals surface area contributed by atoms with Crippen molar-refractivity contribution in [1.29, 1.82) is 0 Å². The summed E-state index contributed by atoms with van der Waals surface area (Å²) in [4.78, 5) is 8.44. The summed E-state index contributed by atoms with van der Waals surface area (Å²) in [7, 11) is 0. The number of aliphatic hydroxyl groups is 1. The summed E-state index contributed by atoms with van der Waals surface area (Å²) in [5, 5.41) is 13.1. The Balaban J connectivity index is 1.57. The summed E-state index contributed by atoms with van der Waals surface area (Å²) >= 11 is 0. The van der Waals surface area contributed by atoms with E-state index in [4.69, 9.17) is 4.74 Å². The smallest absolute Gasteiger partial charge is 0.0897 e. The Morgan fingerprint density at radius 2 is 2.10 bits per heavy atom.